The summed E-state index contributed by atoms with van der Waals surface area (Å²) >= 11 is 0. The Morgan fingerprint density at radius 3 is 2.58 bits per heavy atom. The second-order valence-electron chi connectivity index (χ2n) is 7.63. The summed E-state index contributed by atoms with van der Waals surface area (Å²) < 4.78 is 2.40. The molecular formula is C22H30N3O+. The number of hydrogen-bond acceptors (Lipinski definition) is 1. The van der Waals surface area contributed by atoms with Crippen LogP contribution < -0.4 is 10.2 Å². The normalized spacial score (nSPS) is 14.3. The highest BCUT2D eigenvalue weighted by Gasteiger charge is 2.26. The summed E-state index contributed by atoms with van der Waals surface area (Å²) in [5, 5.41) is 3.02. The number of amides is 1. The van der Waals surface area contributed by atoms with Gasteiger partial charge in [-0.05, 0) is 50.0 Å². The zero-order valence-corrected chi connectivity index (χ0v) is 16.3. The van der Waals surface area contributed by atoms with Gasteiger partial charge in [0.25, 0.3) is 0 Å². The van der Waals surface area contributed by atoms with Crippen molar-refractivity contribution in [3.05, 3.63) is 64.5 Å². The molecule has 1 aliphatic rings. The van der Waals surface area contributed by atoms with Crippen molar-refractivity contribution in [2.24, 2.45) is 0 Å². The van der Waals surface area contributed by atoms with Gasteiger partial charge in [0.1, 0.15) is 6.54 Å². The van der Waals surface area contributed by atoms with E-state index in [1.807, 2.05) is 12.1 Å². The van der Waals surface area contributed by atoms with Crippen LogP contribution in [0.1, 0.15) is 47.0 Å². The van der Waals surface area contributed by atoms with Gasteiger partial charge in [-0.3, -0.25) is 4.79 Å². The Labute approximate surface area is 156 Å². The summed E-state index contributed by atoms with van der Waals surface area (Å²) in [5.74, 6) is -0.0479. The molecule has 2 N–H and O–H groups in total. The molecule has 4 heteroatoms. The van der Waals surface area contributed by atoms with Crippen molar-refractivity contribution in [3.63, 3.8) is 0 Å². The van der Waals surface area contributed by atoms with Crippen molar-refractivity contribution in [2.75, 3.05) is 14.1 Å². The molecule has 2 aromatic rings. The van der Waals surface area contributed by atoms with Gasteiger partial charge < -0.3 is 14.8 Å². The first-order valence-corrected chi connectivity index (χ1v) is 9.46. The maximum Gasteiger partial charge on any atom is 0.244 e. The van der Waals surface area contributed by atoms with Crippen molar-refractivity contribution in [1.29, 1.82) is 0 Å². The number of rotatable bonds is 7. The van der Waals surface area contributed by atoms with Crippen LogP contribution in [0.5, 0.6) is 0 Å². The van der Waals surface area contributed by atoms with Crippen molar-refractivity contribution < 1.29 is 9.69 Å². The number of aromatic nitrogens is 1. The Balaban J connectivity index is 1.61. The summed E-state index contributed by atoms with van der Waals surface area (Å²) in [4.78, 5) is 13.6. The number of carbonyl (C=O) groups is 1. The molecule has 1 fully saturated rings. The maximum absolute atomic E-state index is 12.3. The van der Waals surface area contributed by atoms with Crippen LogP contribution in [0, 0.1) is 13.8 Å². The molecule has 1 aliphatic carbocycles. The molecule has 0 radical (unpaired) electrons. The van der Waals surface area contributed by atoms with E-state index in [0.717, 1.165) is 12.1 Å². The minimum Gasteiger partial charge on any atom is -0.348 e. The Bertz CT molecular complexity index is 813. The summed E-state index contributed by atoms with van der Waals surface area (Å²) in [6, 6.07) is 11.1. The van der Waals surface area contributed by atoms with Crippen LogP contribution >= 0.6 is 0 Å². The van der Waals surface area contributed by atoms with Gasteiger partial charge in [0.05, 0.1) is 14.1 Å². The first-order chi connectivity index (χ1) is 12.5. The summed E-state index contributed by atoms with van der Waals surface area (Å²) in [6.07, 6.45) is 6.13. The van der Waals surface area contributed by atoms with Gasteiger partial charge in [0.15, 0.2) is 0 Å². The molecule has 4 nitrogen and oxygen atoms in total. The molecule has 26 heavy (non-hydrogen) atoms. The standard InChI is InChI=1S/C22H29N3O/c1-16-13-18(17(2)25(16)21-10-11-21)9-12-22(26)23-14-19-7-5-6-8-20(19)15-24(3)4/h5-9,12-13,21H,10-11,14-15H2,1-4H3,(H,23,26)/p+1/b12-9+. The van der Waals surface area contributed by atoms with Gasteiger partial charge in [0, 0.05) is 35.6 Å². The minimum absolute atomic E-state index is 0.0479. The van der Waals surface area contributed by atoms with Gasteiger partial charge in [0.2, 0.25) is 5.91 Å². The third kappa shape index (κ3) is 4.44. The number of aryl methyl sites for hydroxylation is 1. The van der Waals surface area contributed by atoms with Crippen molar-refractivity contribution >= 4 is 12.0 Å². The fourth-order valence-corrected chi connectivity index (χ4v) is 3.56. The van der Waals surface area contributed by atoms with Crippen LogP contribution in [-0.2, 0) is 17.9 Å². The van der Waals surface area contributed by atoms with E-state index >= 15 is 0 Å². The van der Waals surface area contributed by atoms with E-state index in [4.69, 9.17) is 0 Å². The zero-order chi connectivity index (χ0) is 18.7. The second kappa shape index (κ2) is 7.92. The van der Waals surface area contributed by atoms with E-state index < -0.39 is 0 Å². The molecule has 3 rings (SSSR count). The lowest BCUT2D eigenvalue weighted by Gasteiger charge is -2.12. The average molecular weight is 353 g/mol. The lowest BCUT2D eigenvalue weighted by molar-refractivity contribution is -0.872. The zero-order valence-electron chi connectivity index (χ0n) is 16.3. The fraction of sp³-hybridized carbons (Fsp3) is 0.409. The van der Waals surface area contributed by atoms with E-state index in [-0.39, 0.29) is 5.91 Å². The third-order valence-corrected chi connectivity index (χ3v) is 4.97. The molecule has 1 aromatic heterocycles. The van der Waals surface area contributed by atoms with Gasteiger partial charge >= 0.3 is 0 Å². The van der Waals surface area contributed by atoms with E-state index in [1.165, 1.54) is 40.3 Å². The molecule has 1 saturated carbocycles. The first kappa shape index (κ1) is 18.5. The van der Waals surface area contributed by atoms with Crippen LogP contribution in [0.3, 0.4) is 0 Å². The summed E-state index contributed by atoms with van der Waals surface area (Å²) in [6.45, 7) is 5.80. The Kier molecular flexibility index (Phi) is 5.62. The predicted octanol–water partition coefficient (Wildman–Crippen LogP) is 2.41. The molecule has 138 valence electrons. The average Bonchev–Trinajstić information content (AvgIpc) is 3.37. The molecule has 0 unspecified atom stereocenters. The Morgan fingerprint density at radius 1 is 1.23 bits per heavy atom. The lowest BCUT2D eigenvalue weighted by Crippen LogP contribution is -3.04. The van der Waals surface area contributed by atoms with Crippen molar-refractivity contribution in [1.82, 2.24) is 9.88 Å². The minimum atomic E-state index is -0.0479. The van der Waals surface area contributed by atoms with Crippen LogP contribution in [-0.4, -0.2) is 24.6 Å². The molecule has 0 spiro atoms. The highest BCUT2D eigenvalue weighted by molar-refractivity contribution is 5.91. The number of hydrogen-bond donors (Lipinski definition) is 2. The number of carbonyl (C=O) groups excluding carboxylic acids is 1. The Hall–Kier alpha value is -2.33. The van der Waals surface area contributed by atoms with E-state index in [9.17, 15) is 4.79 Å². The van der Waals surface area contributed by atoms with E-state index in [1.54, 1.807) is 6.08 Å². The number of quaternary nitrogens is 1. The highest BCUT2D eigenvalue weighted by Crippen LogP contribution is 2.38. The molecule has 0 saturated heterocycles. The maximum atomic E-state index is 12.3. The molecule has 0 atom stereocenters. The molecule has 1 amide bonds. The number of nitrogens with one attached hydrogen (secondary N) is 2. The van der Waals surface area contributed by atoms with Gasteiger partial charge in [-0.25, -0.2) is 0 Å². The highest BCUT2D eigenvalue weighted by atomic mass is 16.1. The molecule has 0 bridgehead atoms. The molecular weight excluding hydrogens is 322 g/mol. The SMILES string of the molecule is Cc1cc(/C=C/C(=O)NCc2ccccc2C[NH+](C)C)c(C)n1C1CC1. The predicted molar refractivity (Wildman–Crippen MR) is 106 cm³/mol. The van der Waals surface area contributed by atoms with Gasteiger partial charge in [-0.1, -0.05) is 24.3 Å². The Morgan fingerprint density at radius 2 is 1.92 bits per heavy atom. The van der Waals surface area contributed by atoms with Crippen molar-refractivity contribution in [2.45, 2.75) is 45.8 Å². The second-order valence-corrected chi connectivity index (χ2v) is 7.63. The molecule has 1 aromatic carbocycles. The van der Waals surface area contributed by atoms with Gasteiger partial charge in [-0.15, -0.1) is 0 Å². The lowest BCUT2D eigenvalue weighted by atomic mass is 10.1. The summed E-state index contributed by atoms with van der Waals surface area (Å²) in [7, 11) is 4.27. The largest absolute Gasteiger partial charge is 0.348 e. The first-order valence-electron chi connectivity index (χ1n) is 9.46. The van der Waals surface area contributed by atoms with Gasteiger partial charge in [-0.2, -0.15) is 0 Å². The molecule has 1 heterocycles. The number of nitrogens with zero attached hydrogens (tertiary/aromatic N) is 1. The summed E-state index contributed by atoms with van der Waals surface area (Å²) in [5.41, 5.74) is 6.15. The monoisotopic (exact) mass is 352 g/mol. The van der Waals surface area contributed by atoms with Crippen LogP contribution in [0.15, 0.2) is 36.4 Å². The quantitative estimate of drug-likeness (QED) is 0.738. The van der Waals surface area contributed by atoms with Crippen LogP contribution in [0.4, 0.5) is 0 Å². The topological polar surface area (TPSA) is 38.5 Å². The smallest absolute Gasteiger partial charge is 0.244 e. The van der Waals surface area contributed by atoms with E-state index in [0.29, 0.717) is 12.6 Å². The third-order valence-electron chi connectivity index (χ3n) is 4.97. The molecule has 0 aliphatic heterocycles. The fourth-order valence-electron chi connectivity index (χ4n) is 3.56. The van der Waals surface area contributed by atoms with Crippen LogP contribution in [0.2, 0.25) is 0 Å². The number of benzene rings is 1. The van der Waals surface area contributed by atoms with E-state index in [2.05, 4.69) is 62.1 Å². The van der Waals surface area contributed by atoms with Crippen LogP contribution in [0.25, 0.3) is 6.08 Å². The van der Waals surface area contributed by atoms with Crippen molar-refractivity contribution in [3.8, 4) is 0 Å².